The molecule has 0 bridgehead atoms. The van der Waals surface area contributed by atoms with Gasteiger partial charge in [-0.25, -0.2) is 4.68 Å². The molecule has 0 saturated carbocycles. The van der Waals surface area contributed by atoms with Gasteiger partial charge in [-0.3, -0.25) is 0 Å². The third-order valence-corrected chi connectivity index (χ3v) is 3.82. The topological polar surface area (TPSA) is 30.7 Å². The maximum absolute atomic E-state index is 12.9. The Labute approximate surface area is 139 Å². The van der Waals surface area contributed by atoms with Crippen LogP contribution >= 0.6 is 23.2 Å². The Bertz CT molecular complexity index is 839. The van der Waals surface area contributed by atoms with Crippen LogP contribution in [0.3, 0.4) is 0 Å². The zero-order chi connectivity index (χ0) is 16.6. The molecule has 3 rings (SSSR count). The highest BCUT2D eigenvalue weighted by Crippen LogP contribution is 2.36. The van der Waals surface area contributed by atoms with Gasteiger partial charge in [-0.15, -0.1) is 5.10 Å². The summed E-state index contributed by atoms with van der Waals surface area (Å²) in [5.74, 6) is 0. The van der Waals surface area contributed by atoms with Crippen LogP contribution < -0.4 is 0 Å². The van der Waals surface area contributed by atoms with Crippen molar-refractivity contribution in [1.82, 2.24) is 15.0 Å². The summed E-state index contributed by atoms with van der Waals surface area (Å²) in [5.41, 5.74) is 0.295. The summed E-state index contributed by atoms with van der Waals surface area (Å²) in [5, 5.41) is 8.32. The first kappa shape index (κ1) is 15.8. The summed E-state index contributed by atoms with van der Waals surface area (Å²) in [6, 6.07) is 9.71. The van der Waals surface area contributed by atoms with Gasteiger partial charge in [-0.05, 0) is 30.3 Å². The lowest BCUT2D eigenvalue weighted by molar-refractivity contribution is -0.137. The Hall–Kier alpha value is -2.05. The summed E-state index contributed by atoms with van der Waals surface area (Å²) in [6.07, 6.45) is -3.05. The zero-order valence-electron chi connectivity index (χ0n) is 11.4. The van der Waals surface area contributed by atoms with Crippen LogP contribution in [-0.4, -0.2) is 15.0 Å². The van der Waals surface area contributed by atoms with E-state index in [2.05, 4.69) is 10.3 Å². The summed E-state index contributed by atoms with van der Waals surface area (Å²) < 4.78 is 39.9. The molecule has 0 N–H and O–H groups in total. The molecule has 0 atom stereocenters. The van der Waals surface area contributed by atoms with Gasteiger partial charge in [-0.2, -0.15) is 13.2 Å². The summed E-state index contributed by atoms with van der Waals surface area (Å²) >= 11 is 12.3. The van der Waals surface area contributed by atoms with Crippen LogP contribution in [0.5, 0.6) is 0 Å². The van der Waals surface area contributed by atoms with Gasteiger partial charge >= 0.3 is 6.18 Å². The van der Waals surface area contributed by atoms with Crippen molar-refractivity contribution in [2.24, 2.45) is 0 Å². The Morgan fingerprint density at radius 1 is 0.957 bits per heavy atom. The molecule has 0 radical (unpaired) electrons. The molecule has 1 aromatic heterocycles. The third kappa shape index (κ3) is 3.04. The number of rotatable bonds is 2. The van der Waals surface area contributed by atoms with Crippen LogP contribution in [0.2, 0.25) is 10.0 Å². The molecule has 3 aromatic rings. The Kier molecular flexibility index (Phi) is 4.04. The highest BCUT2D eigenvalue weighted by atomic mass is 35.5. The fourth-order valence-corrected chi connectivity index (χ4v) is 2.74. The second kappa shape index (κ2) is 5.86. The van der Waals surface area contributed by atoms with Crippen molar-refractivity contribution in [2.75, 3.05) is 0 Å². The normalized spacial score (nSPS) is 11.7. The van der Waals surface area contributed by atoms with Gasteiger partial charge < -0.3 is 0 Å². The van der Waals surface area contributed by atoms with Crippen molar-refractivity contribution in [3.63, 3.8) is 0 Å². The van der Waals surface area contributed by atoms with Crippen molar-refractivity contribution in [3.05, 3.63) is 64.3 Å². The molecule has 3 nitrogen and oxygen atoms in total. The molecule has 0 fully saturated rings. The molecule has 0 amide bonds. The predicted octanol–water partition coefficient (Wildman–Crippen LogP) is 5.26. The van der Waals surface area contributed by atoms with Crippen molar-refractivity contribution >= 4 is 23.2 Å². The number of nitrogens with zero attached hydrogens (tertiary/aromatic N) is 3. The minimum Gasteiger partial charge on any atom is -0.213 e. The molecular formula is C15H8Cl2F3N3. The van der Waals surface area contributed by atoms with Crippen LogP contribution in [0.4, 0.5) is 13.2 Å². The molecule has 0 unspecified atom stereocenters. The fourth-order valence-electron chi connectivity index (χ4n) is 2.15. The first-order valence-corrected chi connectivity index (χ1v) is 7.16. The minimum absolute atomic E-state index is 0.211. The third-order valence-electron chi connectivity index (χ3n) is 3.19. The van der Waals surface area contributed by atoms with Crippen LogP contribution in [0.25, 0.3) is 16.9 Å². The van der Waals surface area contributed by atoms with Gasteiger partial charge in [0.1, 0.15) is 0 Å². The largest absolute Gasteiger partial charge is 0.416 e. The first-order chi connectivity index (χ1) is 10.9. The van der Waals surface area contributed by atoms with Crippen molar-refractivity contribution in [1.29, 1.82) is 0 Å². The molecule has 118 valence electrons. The highest BCUT2D eigenvalue weighted by molar-refractivity contribution is 6.39. The van der Waals surface area contributed by atoms with Gasteiger partial charge in [0, 0.05) is 5.56 Å². The zero-order valence-corrected chi connectivity index (χ0v) is 12.9. The molecule has 0 aliphatic rings. The van der Waals surface area contributed by atoms with Crippen LogP contribution in [0.1, 0.15) is 5.56 Å². The average molecular weight is 358 g/mol. The van der Waals surface area contributed by atoms with E-state index in [0.29, 0.717) is 21.3 Å². The van der Waals surface area contributed by atoms with Crippen molar-refractivity contribution in [3.8, 4) is 16.9 Å². The molecular weight excluding hydrogens is 350 g/mol. The van der Waals surface area contributed by atoms with Gasteiger partial charge in [0.2, 0.25) is 0 Å². The second-order valence-electron chi connectivity index (χ2n) is 4.68. The smallest absolute Gasteiger partial charge is 0.213 e. The van der Waals surface area contributed by atoms with Gasteiger partial charge in [0.05, 0.1) is 33.2 Å². The van der Waals surface area contributed by atoms with E-state index < -0.39 is 11.7 Å². The fraction of sp³-hybridized carbons (Fsp3) is 0.0667. The van der Waals surface area contributed by atoms with Gasteiger partial charge in [0.15, 0.2) is 0 Å². The Morgan fingerprint density at radius 2 is 1.61 bits per heavy atom. The molecule has 0 saturated heterocycles. The maximum Gasteiger partial charge on any atom is 0.416 e. The lowest BCUT2D eigenvalue weighted by atomic mass is 10.1. The van der Waals surface area contributed by atoms with E-state index in [4.69, 9.17) is 23.2 Å². The van der Waals surface area contributed by atoms with Crippen LogP contribution in [0.15, 0.2) is 48.7 Å². The molecule has 0 aliphatic carbocycles. The predicted molar refractivity (Wildman–Crippen MR) is 81.8 cm³/mol. The number of hydrogen-bond acceptors (Lipinski definition) is 2. The molecule has 8 heteroatoms. The monoisotopic (exact) mass is 357 g/mol. The van der Waals surface area contributed by atoms with Crippen molar-refractivity contribution < 1.29 is 13.2 Å². The van der Waals surface area contributed by atoms with E-state index in [0.717, 1.165) is 12.1 Å². The van der Waals surface area contributed by atoms with E-state index in [9.17, 15) is 13.2 Å². The van der Waals surface area contributed by atoms with E-state index >= 15 is 0 Å². The molecule has 0 aliphatic heterocycles. The second-order valence-corrected chi connectivity index (χ2v) is 5.49. The Morgan fingerprint density at radius 3 is 2.26 bits per heavy atom. The van der Waals surface area contributed by atoms with Crippen LogP contribution in [0, 0.1) is 0 Å². The van der Waals surface area contributed by atoms with E-state index in [1.807, 2.05) is 0 Å². The Balaban J connectivity index is 2.16. The quantitative estimate of drug-likeness (QED) is 0.626. The summed E-state index contributed by atoms with van der Waals surface area (Å²) in [7, 11) is 0. The standard InChI is InChI=1S/C15H8Cl2F3N3/c16-11-5-2-6-12(17)14(11)13-8-21-22-23(13)10-4-1-3-9(7-10)15(18,19)20/h1-8H. The molecule has 2 aromatic carbocycles. The SMILES string of the molecule is FC(F)(F)c1cccc(-n2nncc2-c2c(Cl)cccc2Cl)c1. The number of alkyl halides is 3. The van der Waals surface area contributed by atoms with Gasteiger partial charge in [0.25, 0.3) is 0 Å². The summed E-state index contributed by atoms with van der Waals surface area (Å²) in [6.45, 7) is 0. The average Bonchev–Trinajstić information content (AvgIpc) is 2.95. The van der Waals surface area contributed by atoms with E-state index in [-0.39, 0.29) is 5.69 Å². The van der Waals surface area contributed by atoms with E-state index in [1.165, 1.54) is 23.0 Å². The number of halogens is 5. The van der Waals surface area contributed by atoms with Gasteiger partial charge in [-0.1, -0.05) is 40.5 Å². The lowest BCUT2D eigenvalue weighted by Gasteiger charge is -2.12. The number of aromatic nitrogens is 3. The molecule has 1 heterocycles. The minimum atomic E-state index is -4.45. The lowest BCUT2D eigenvalue weighted by Crippen LogP contribution is -2.07. The number of hydrogen-bond donors (Lipinski definition) is 0. The molecule has 0 spiro atoms. The number of benzene rings is 2. The first-order valence-electron chi connectivity index (χ1n) is 6.40. The van der Waals surface area contributed by atoms with Crippen molar-refractivity contribution in [2.45, 2.75) is 6.18 Å². The highest BCUT2D eigenvalue weighted by Gasteiger charge is 2.30. The summed E-state index contributed by atoms with van der Waals surface area (Å²) in [4.78, 5) is 0. The van der Waals surface area contributed by atoms with E-state index in [1.54, 1.807) is 18.2 Å². The maximum atomic E-state index is 12.9. The van der Waals surface area contributed by atoms with Crippen LogP contribution in [-0.2, 0) is 6.18 Å². The molecule has 23 heavy (non-hydrogen) atoms.